The molecule has 5 heteroatoms. The van der Waals surface area contributed by atoms with Crippen molar-refractivity contribution >= 4 is 6.72 Å². The van der Waals surface area contributed by atoms with Crippen LogP contribution in [0.4, 0.5) is 0 Å². The van der Waals surface area contributed by atoms with Gasteiger partial charge >= 0.3 is 0 Å². The Morgan fingerprint density at radius 2 is 1.47 bits per heavy atom. The first-order chi connectivity index (χ1) is 8.27. The maximum Gasteiger partial charge on any atom is 0.295 e. The summed E-state index contributed by atoms with van der Waals surface area (Å²) in [6, 6.07) is 0. The smallest absolute Gasteiger partial charge is 0.295 e. The Morgan fingerprint density at radius 3 is 2.00 bits per heavy atom. The summed E-state index contributed by atoms with van der Waals surface area (Å²) in [5.74, 6) is 0.694. The topological polar surface area (TPSA) is 54.2 Å². The highest BCUT2D eigenvalue weighted by Crippen LogP contribution is 1.98. The van der Waals surface area contributed by atoms with Crippen LogP contribution in [0.15, 0.2) is 5.11 Å². The fraction of sp³-hybridized carbons (Fsp3) is 0.917. The molecule has 100 valence electrons. The van der Waals surface area contributed by atoms with Gasteiger partial charge in [0.15, 0.2) is 0 Å². The molecule has 0 rings (SSSR count). The first kappa shape index (κ1) is 16.3. The van der Waals surface area contributed by atoms with E-state index < -0.39 is 0 Å². The van der Waals surface area contributed by atoms with Gasteiger partial charge in [-0.2, -0.15) is 0 Å². The van der Waals surface area contributed by atoms with Gasteiger partial charge in [0.2, 0.25) is 0 Å². The molecule has 0 amide bonds. The van der Waals surface area contributed by atoms with Crippen LogP contribution in [0.2, 0.25) is 0 Å². The lowest BCUT2D eigenvalue weighted by Gasteiger charge is -2.07. The molecule has 0 aromatic carbocycles. The molecular formula is C12H25N2O3+. The van der Waals surface area contributed by atoms with E-state index in [0.29, 0.717) is 45.5 Å². The number of hydrogen-bond donors (Lipinski definition) is 0. The molecule has 0 aromatic rings. The lowest BCUT2D eigenvalue weighted by atomic mass is 10.1. The molecular weight excluding hydrogens is 220 g/mol. The van der Waals surface area contributed by atoms with Gasteiger partial charge in [0.25, 0.3) is 6.72 Å². The van der Waals surface area contributed by atoms with E-state index in [1.165, 1.54) is 0 Å². The SMILES string of the molecule is C=[N+]=NCCOCCOCCOCCC(C)C. The van der Waals surface area contributed by atoms with E-state index in [1.807, 2.05) is 0 Å². The van der Waals surface area contributed by atoms with Crippen molar-refractivity contribution in [3.63, 3.8) is 0 Å². The second-order valence-electron chi connectivity index (χ2n) is 4.03. The van der Waals surface area contributed by atoms with Crippen LogP contribution in [0, 0.1) is 5.92 Å². The molecule has 5 nitrogen and oxygen atoms in total. The van der Waals surface area contributed by atoms with Crippen molar-refractivity contribution in [2.75, 3.05) is 46.2 Å². The largest absolute Gasteiger partial charge is 0.379 e. The van der Waals surface area contributed by atoms with Gasteiger partial charge in [-0.25, -0.2) is 0 Å². The van der Waals surface area contributed by atoms with Crippen molar-refractivity contribution in [3.05, 3.63) is 0 Å². The van der Waals surface area contributed by atoms with Gasteiger partial charge in [-0.1, -0.05) is 13.8 Å². The molecule has 0 aromatic heterocycles. The van der Waals surface area contributed by atoms with Crippen molar-refractivity contribution in [2.45, 2.75) is 20.3 Å². The average molecular weight is 245 g/mol. The predicted octanol–water partition coefficient (Wildman–Crippen LogP) is 1.44. The first-order valence-corrected chi connectivity index (χ1v) is 6.13. The van der Waals surface area contributed by atoms with E-state index in [1.54, 1.807) is 0 Å². The zero-order valence-corrected chi connectivity index (χ0v) is 11.1. The van der Waals surface area contributed by atoms with Gasteiger partial charge in [-0.05, 0) is 12.3 Å². The zero-order chi connectivity index (χ0) is 12.8. The van der Waals surface area contributed by atoms with Crippen LogP contribution in [0.3, 0.4) is 0 Å². The Hall–Kier alpha value is -0.740. The molecule has 0 saturated carbocycles. The highest BCUT2D eigenvalue weighted by Gasteiger charge is 1.94. The number of hydrogen-bond acceptors (Lipinski definition) is 4. The molecule has 0 atom stereocenters. The minimum atomic E-state index is 0.557. The first-order valence-electron chi connectivity index (χ1n) is 6.13. The highest BCUT2D eigenvalue weighted by atomic mass is 16.5. The summed E-state index contributed by atoms with van der Waals surface area (Å²) in [6.45, 7) is 12.0. The predicted molar refractivity (Wildman–Crippen MR) is 66.6 cm³/mol. The van der Waals surface area contributed by atoms with E-state index in [9.17, 15) is 0 Å². The van der Waals surface area contributed by atoms with Gasteiger partial charge in [-0.3, -0.25) is 0 Å². The third-order valence-electron chi connectivity index (χ3n) is 2.02. The summed E-state index contributed by atoms with van der Waals surface area (Å²) >= 11 is 0. The Kier molecular flexibility index (Phi) is 12.7. The summed E-state index contributed by atoms with van der Waals surface area (Å²) in [7, 11) is 0. The van der Waals surface area contributed by atoms with Gasteiger partial charge in [0.05, 0.1) is 38.1 Å². The Balaban J connectivity index is 2.96. The van der Waals surface area contributed by atoms with Gasteiger partial charge < -0.3 is 14.2 Å². The molecule has 0 unspecified atom stereocenters. The molecule has 0 bridgehead atoms. The Bertz CT molecular complexity index is 204. The minimum absolute atomic E-state index is 0.557. The fourth-order valence-electron chi connectivity index (χ4n) is 1.04. The average Bonchev–Trinajstić information content (AvgIpc) is 2.30. The van der Waals surface area contributed by atoms with Crippen molar-refractivity contribution in [2.24, 2.45) is 11.0 Å². The van der Waals surface area contributed by atoms with E-state index in [2.05, 4.69) is 30.5 Å². The molecule has 0 N–H and O–H groups in total. The maximum absolute atomic E-state index is 5.40. The van der Waals surface area contributed by atoms with Crippen LogP contribution in [-0.2, 0) is 14.2 Å². The number of ether oxygens (including phenoxy) is 3. The second-order valence-corrected chi connectivity index (χ2v) is 4.03. The minimum Gasteiger partial charge on any atom is -0.379 e. The third-order valence-corrected chi connectivity index (χ3v) is 2.02. The van der Waals surface area contributed by atoms with Crippen LogP contribution in [0.1, 0.15) is 20.3 Å². The normalized spacial score (nSPS) is 10.5. The monoisotopic (exact) mass is 245 g/mol. The summed E-state index contributed by atoms with van der Waals surface area (Å²) in [5, 5.41) is 3.68. The fourth-order valence-corrected chi connectivity index (χ4v) is 1.04. The van der Waals surface area contributed by atoms with Gasteiger partial charge in [0.1, 0.15) is 6.54 Å². The van der Waals surface area contributed by atoms with Crippen molar-refractivity contribution < 1.29 is 19.0 Å². The van der Waals surface area contributed by atoms with Crippen LogP contribution < -0.4 is 0 Å². The van der Waals surface area contributed by atoms with Crippen LogP contribution in [-0.4, -0.2) is 57.7 Å². The van der Waals surface area contributed by atoms with E-state index in [-0.39, 0.29) is 0 Å². The highest BCUT2D eigenvalue weighted by molar-refractivity contribution is 5.12. The van der Waals surface area contributed by atoms with Gasteiger partial charge in [-0.15, -0.1) is 0 Å². The van der Waals surface area contributed by atoms with E-state index in [0.717, 1.165) is 13.0 Å². The molecule has 0 aliphatic heterocycles. The molecule has 0 aliphatic rings. The van der Waals surface area contributed by atoms with Crippen LogP contribution in [0.25, 0.3) is 0 Å². The van der Waals surface area contributed by atoms with Crippen LogP contribution in [0.5, 0.6) is 0 Å². The van der Waals surface area contributed by atoms with E-state index >= 15 is 0 Å². The lowest BCUT2D eigenvalue weighted by Crippen LogP contribution is -2.11. The number of rotatable bonds is 12. The molecule has 0 fully saturated rings. The Labute approximate surface area is 104 Å². The second kappa shape index (κ2) is 13.3. The summed E-state index contributed by atoms with van der Waals surface area (Å²) in [4.78, 5) is 3.37. The molecule has 0 heterocycles. The van der Waals surface area contributed by atoms with Crippen molar-refractivity contribution in [1.82, 2.24) is 0 Å². The van der Waals surface area contributed by atoms with Crippen LogP contribution >= 0.6 is 0 Å². The van der Waals surface area contributed by atoms with E-state index in [4.69, 9.17) is 14.2 Å². The van der Waals surface area contributed by atoms with Crippen molar-refractivity contribution in [1.29, 1.82) is 0 Å². The molecule has 0 radical (unpaired) electrons. The number of nitrogens with zero attached hydrogens (tertiary/aromatic N) is 2. The quantitative estimate of drug-likeness (QED) is 0.226. The molecule has 0 spiro atoms. The maximum atomic E-state index is 5.40. The zero-order valence-electron chi connectivity index (χ0n) is 11.1. The standard InChI is InChI=1S/C12H25N2O3/c1-12(2)4-6-15-8-10-17-11-9-16-7-5-14-13-3/h12H,3-11H2,1-2H3/q+1. The summed E-state index contributed by atoms with van der Waals surface area (Å²) in [6.07, 6.45) is 1.10. The van der Waals surface area contributed by atoms with Crippen molar-refractivity contribution in [3.8, 4) is 0 Å². The third kappa shape index (κ3) is 15.3. The Morgan fingerprint density at radius 1 is 0.941 bits per heavy atom. The summed E-state index contributed by atoms with van der Waals surface area (Å²) < 4.78 is 16.0. The molecule has 0 saturated heterocycles. The summed E-state index contributed by atoms with van der Waals surface area (Å²) in [5.41, 5.74) is 0. The van der Waals surface area contributed by atoms with Gasteiger partial charge in [0, 0.05) is 11.4 Å². The molecule has 17 heavy (non-hydrogen) atoms. The molecule has 0 aliphatic carbocycles. The lowest BCUT2D eigenvalue weighted by molar-refractivity contribution is -0.0826.